The molecule has 0 radical (unpaired) electrons. The van der Waals surface area contributed by atoms with E-state index < -0.39 is 11.8 Å². The number of carbonyl (C=O) groups is 3. The first-order valence-corrected chi connectivity index (χ1v) is 10.7. The zero-order valence-electron chi connectivity index (χ0n) is 19.6. The average molecular weight is 475 g/mol. The van der Waals surface area contributed by atoms with Gasteiger partial charge in [-0.25, -0.2) is 5.43 Å². The van der Waals surface area contributed by atoms with Crippen LogP contribution in [0.25, 0.3) is 0 Å². The minimum absolute atomic E-state index is 0.205. The molecule has 9 nitrogen and oxygen atoms in total. The van der Waals surface area contributed by atoms with Crippen molar-refractivity contribution in [3.8, 4) is 11.5 Å². The average Bonchev–Trinajstić information content (AvgIpc) is 2.84. The lowest BCUT2D eigenvalue weighted by Gasteiger charge is -2.11. The second kappa shape index (κ2) is 12.0. The smallest absolute Gasteiger partial charge is 0.329 e. The number of ether oxygens (including phenoxy) is 2. The number of aryl methyl sites for hydroxylation is 2. The fraction of sp³-hybridized carbons (Fsp3) is 0.154. The van der Waals surface area contributed by atoms with E-state index in [1.54, 1.807) is 36.4 Å². The summed E-state index contributed by atoms with van der Waals surface area (Å²) in [6, 6.07) is 19.4. The molecular formula is C26H26N4O5. The van der Waals surface area contributed by atoms with Crippen LogP contribution in [0.3, 0.4) is 0 Å². The summed E-state index contributed by atoms with van der Waals surface area (Å²) in [6.07, 6.45) is 1.36. The highest BCUT2D eigenvalue weighted by Crippen LogP contribution is 2.27. The van der Waals surface area contributed by atoms with Crippen molar-refractivity contribution in [3.05, 3.63) is 83.4 Å². The summed E-state index contributed by atoms with van der Waals surface area (Å²) in [6.45, 7) is 3.64. The maximum absolute atomic E-state index is 12.2. The van der Waals surface area contributed by atoms with Crippen LogP contribution in [0.2, 0.25) is 0 Å². The molecule has 0 spiro atoms. The third kappa shape index (κ3) is 7.71. The number of hydrogen-bond donors (Lipinski definition) is 3. The number of nitrogens with zero attached hydrogens (tertiary/aromatic N) is 1. The first kappa shape index (κ1) is 25.0. The van der Waals surface area contributed by atoms with Crippen LogP contribution in [-0.4, -0.2) is 37.7 Å². The second-order valence-corrected chi connectivity index (χ2v) is 7.64. The molecule has 0 heterocycles. The molecule has 0 aromatic heterocycles. The van der Waals surface area contributed by atoms with Crippen LogP contribution in [0.1, 0.15) is 16.7 Å². The van der Waals surface area contributed by atoms with E-state index in [1.807, 2.05) is 44.2 Å². The van der Waals surface area contributed by atoms with E-state index in [0.29, 0.717) is 28.4 Å². The molecule has 0 aliphatic carbocycles. The monoisotopic (exact) mass is 474 g/mol. The highest BCUT2D eigenvalue weighted by atomic mass is 16.5. The minimum atomic E-state index is -0.908. The molecule has 0 unspecified atom stereocenters. The number of anilines is 2. The normalized spacial score (nSPS) is 10.5. The third-order valence-electron chi connectivity index (χ3n) is 4.74. The topological polar surface area (TPSA) is 118 Å². The van der Waals surface area contributed by atoms with E-state index in [4.69, 9.17) is 9.47 Å². The van der Waals surface area contributed by atoms with Crippen molar-refractivity contribution in [2.75, 3.05) is 24.4 Å². The van der Waals surface area contributed by atoms with Gasteiger partial charge in [0, 0.05) is 11.4 Å². The highest BCUT2D eigenvalue weighted by molar-refractivity contribution is 6.39. The van der Waals surface area contributed by atoms with Crippen molar-refractivity contribution in [1.82, 2.24) is 5.43 Å². The van der Waals surface area contributed by atoms with Crippen molar-refractivity contribution < 1.29 is 23.9 Å². The summed E-state index contributed by atoms with van der Waals surface area (Å²) in [7, 11) is 1.47. The Bertz CT molecular complexity index is 1240. The largest absolute Gasteiger partial charge is 0.493 e. The van der Waals surface area contributed by atoms with Crippen molar-refractivity contribution in [2.45, 2.75) is 13.8 Å². The summed E-state index contributed by atoms with van der Waals surface area (Å²) in [5.41, 5.74) is 6.00. The lowest BCUT2D eigenvalue weighted by atomic mass is 10.2. The zero-order valence-corrected chi connectivity index (χ0v) is 19.6. The molecule has 0 atom stereocenters. The van der Waals surface area contributed by atoms with Crippen molar-refractivity contribution >= 4 is 35.3 Å². The van der Waals surface area contributed by atoms with Gasteiger partial charge in [-0.05, 0) is 67.4 Å². The molecule has 3 amide bonds. The van der Waals surface area contributed by atoms with Gasteiger partial charge >= 0.3 is 11.8 Å². The van der Waals surface area contributed by atoms with Crippen LogP contribution >= 0.6 is 0 Å². The van der Waals surface area contributed by atoms with Crippen LogP contribution in [-0.2, 0) is 14.4 Å². The highest BCUT2D eigenvalue weighted by Gasteiger charge is 2.13. The molecule has 0 bridgehead atoms. The maximum atomic E-state index is 12.2. The van der Waals surface area contributed by atoms with Crippen molar-refractivity contribution in [1.29, 1.82) is 0 Å². The molecule has 35 heavy (non-hydrogen) atoms. The van der Waals surface area contributed by atoms with Gasteiger partial charge in [0.2, 0.25) is 0 Å². The Kier molecular flexibility index (Phi) is 8.55. The summed E-state index contributed by atoms with van der Waals surface area (Å²) >= 11 is 0. The van der Waals surface area contributed by atoms with E-state index in [-0.39, 0.29) is 12.5 Å². The minimum Gasteiger partial charge on any atom is -0.493 e. The van der Waals surface area contributed by atoms with Gasteiger partial charge in [-0.3, -0.25) is 14.4 Å². The Morgan fingerprint density at radius 2 is 1.60 bits per heavy atom. The molecule has 9 heteroatoms. The van der Waals surface area contributed by atoms with Crippen molar-refractivity contribution in [3.63, 3.8) is 0 Å². The molecule has 0 aliphatic heterocycles. The SMILES string of the molecule is COc1cc(/C=N\NC(=O)C(=O)Nc2cccc(C)c2)ccc1OCC(=O)Nc1ccc(C)cc1. The number of hydrogen-bond acceptors (Lipinski definition) is 6. The Labute approximate surface area is 203 Å². The van der Waals surface area contributed by atoms with Gasteiger partial charge in [-0.1, -0.05) is 29.8 Å². The fourth-order valence-electron chi connectivity index (χ4n) is 2.99. The number of benzene rings is 3. The lowest BCUT2D eigenvalue weighted by Crippen LogP contribution is -2.32. The molecule has 0 saturated carbocycles. The fourth-order valence-corrected chi connectivity index (χ4v) is 2.99. The summed E-state index contributed by atoms with van der Waals surface area (Å²) < 4.78 is 10.9. The quantitative estimate of drug-likeness (QED) is 0.263. The second-order valence-electron chi connectivity index (χ2n) is 7.64. The summed E-state index contributed by atoms with van der Waals surface area (Å²) in [5, 5.41) is 9.07. The van der Waals surface area contributed by atoms with Gasteiger partial charge in [0.15, 0.2) is 18.1 Å². The molecule has 3 rings (SSSR count). The van der Waals surface area contributed by atoms with E-state index >= 15 is 0 Å². The summed E-state index contributed by atoms with van der Waals surface area (Å²) in [5.74, 6) is -1.31. The van der Waals surface area contributed by atoms with E-state index in [9.17, 15) is 14.4 Å². The molecular weight excluding hydrogens is 448 g/mol. The molecule has 180 valence electrons. The predicted molar refractivity (Wildman–Crippen MR) is 134 cm³/mol. The lowest BCUT2D eigenvalue weighted by molar-refractivity contribution is -0.136. The summed E-state index contributed by atoms with van der Waals surface area (Å²) in [4.78, 5) is 36.1. The number of nitrogens with one attached hydrogen (secondary N) is 3. The Balaban J connectivity index is 1.52. The van der Waals surface area contributed by atoms with E-state index in [0.717, 1.165) is 11.1 Å². The molecule has 3 N–H and O–H groups in total. The third-order valence-corrected chi connectivity index (χ3v) is 4.74. The van der Waals surface area contributed by atoms with Gasteiger partial charge in [-0.2, -0.15) is 5.10 Å². The maximum Gasteiger partial charge on any atom is 0.329 e. The van der Waals surface area contributed by atoms with Crippen LogP contribution in [0.5, 0.6) is 11.5 Å². The van der Waals surface area contributed by atoms with Gasteiger partial charge in [0.1, 0.15) is 0 Å². The first-order chi connectivity index (χ1) is 16.8. The van der Waals surface area contributed by atoms with Crippen molar-refractivity contribution in [2.24, 2.45) is 5.10 Å². The number of hydrazone groups is 1. The number of carbonyl (C=O) groups excluding carboxylic acids is 3. The molecule has 0 fully saturated rings. The van der Waals surface area contributed by atoms with Gasteiger partial charge < -0.3 is 20.1 Å². The van der Waals surface area contributed by atoms with Gasteiger partial charge in [-0.15, -0.1) is 0 Å². The van der Waals surface area contributed by atoms with Gasteiger partial charge in [0.25, 0.3) is 5.91 Å². The molecule has 3 aromatic rings. The molecule has 0 saturated heterocycles. The zero-order chi connectivity index (χ0) is 25.2. The molecule has 0 aliphatic rings. The molecule has 3 aromatic carbocycles. The van der Waals surface area contributed by atoms with Crippen LogP contribution in [0.15, 0.2) is 71.8 Å². The van der Waals surface area contributed by atoms with E-state index in [1.165, 1.54) is 13.3 Å². The Morgan fingerprint density at radius 1 is 0.829 bits per heavy atom. The standard InChI is InChI=1S/C26H26N4O5/c1-17-7-10-20(11-8-17)28-24(31)16-35-22-12-9-19(14-23(22)34-3)15-27-30-26(33)25(32)29-21-6-4-5-18(2)13-21/h4-15H,16H2,1-3H3,(H,28,31)(H,29,32)(H,30,33)/b27-15-. The Hall–Kier alpha value is -4.66. The number of amides is 3. The van der Waals surface area contributed by atoms with Gasteiger partial charge in [0.05, 0.1) is 13.3 Å². The van der Waals surface area contributed by atoms with Crippen LogP contribution in [0, 0.1) is 13.8 Å². The van der Waals surface area contributed by atoms with Crippen LogP contribution in [0.4, 0.5) is 11.4 Å². The predicted octanol–water partition coefficient (Wildman–Crippen LogP) is 3.42. The number of methoxy groups -OCH3 is 1. The van der Waals surface area contributed by atoms with Crippen LogP contribution < -0.4 is 25.5 Å². The van der Waals surface area contributed by atoms with E-state index in [2.05, 4.69) is 21.2 Å². The Morgan fingerprint density at radius 3 is 2.31 bits per heavy atom. The first-order valence-electron chi connectivity index (χ1n) is 10.7. The number of rotatable bonds is 8.